The number of methoxy groups -OCH3 is 1. The Kier molecular flexibility index (Phi) is 2.14. The van der Waals surface area contributed by atoms with Gasteiger partial charge in [0, 0.05) is 5.39 Å². The predicted octanol–water partition coefficient (Wildman–Crippen LogP) is 1.41. The van der Waals surface area contributed by atoms with Gasteiger partial charge in [0.15, 0.2) is 0 Å². The highest BCUT2D eigenvalue weighted by molar-refractivity contribution is 5.85. The van der Waals surface area contributed by atoms with Gasteiger partial charge in [0.25, 0.3) is 5.56 Å². The highest BCUT2D eigenvalue weighted by Crippen LogP contribution is 2.21. The molecule has 15 heavy (non-hydrogen) atoms. The highest BCUT2D eigenvalue weighted by Gasteiger charge is 2.05. The maximum Gasteiger partial charge on any atom is 0.266 e. The molecule has 4 nitrogen and oxygen atoms in total. The number of rotatable bonds is 1. The van der Waals surface area contributed by atoms with Gasteiger partial charge in [0.2, 0.25) is 0 Å². The van der Waals surface area contributed by atoms with E-state index in [1.165, 1.54) is 7.11 Å². The molecule has 2 aromatic rings. The number of hydrogen-bond acceptors (Lipinski definition) is 3. The van der Waals surface area contributed by atoms with Crippen molar-refractivity contribution in [1.82, 2.24) is 4.98 Å². The second-order valence-electron chi connectivity index (χ2n) is 3.05. The van der Waals surface area contributed by atoms with Gasteiger partial charge in [-0.3, -0.25) is 4.79 Å². The summed E-state index contributed by atoms with van der Waals surface area (Å²) in [4.78, 5) is 14.0. The average Bonchev–Trinajstić information content (AvgIpc) is 2.27. The number of aromatic amines is 1. The zero-order valence-electron chi connectivity index (χ0n) is 8.07. The summed E-state index contributed by atoms with van der Waals surface area (Å²) in [7, 11) is 1.53. The molecule has 1 aromatic heterocycles. The largest absolute Gasteiger partial charge is 0.495 e. The number of para-hydroxylation sites is 1. The van der Waals surface area contributed by atoms with Gasteiger partial charge in [-0.05, 0) is 12.1 Å². The first kappa shape index (κ1) is 9.28. The fourth-order valence-electron chi connectivity index (χ4n) is 1.46. The van der Waals surface area contributed by atoms with Gasteiger partial charge in [0.1, 0.15) is 17.4 Å². The van der Waals surface area contributed by atoms with Gasteiger partial charge in [-0.1, -0.05) is 12.1 Å². The normalized spacial score (nSPS) is 9.87. The molecule has 0 amide bonds. The van der Waals surface area contributed by atoms with E-state index < -0.39 is 5.56 Å². The number of fused-ring (bicyclic) bond motifs is 1. The Bertz CT molecular complexity index is 608. The van der Waals surface area contributed by atoms with Crippen LogP contribution in [0.1, 0.15) is 5.56 Å². The number of nitriles is 1. The molecule has 1 aromatic carbocycles. The molecule has 0 aliphatic carbocycles. The summed E-state index contributed by atoms with van der Waals surface area (Å²) in [6.45, 7) is 0. The molecular weight excluding hydrogens is 192 g/mol. The van der Waals surface area contributed by atoms with E-state index in [1.54, 1.807) is 18.2 Å². The number of nitrogens with one attached hydrogen (secondary N) is 1. The van der Waals surface area contributed by atoms with Crippen LogP contribution in [0.5, 0.6) is 5.75 Å². The van der Waals surface area contributed by atoms with Gasteiger partial charge < -0.3 is 9.72 Å². The highest BCUT2D eigenvalue weighted by atomic mass is 16.5. The van der Waals surface area contributed by atoms with E-state index in [9.17, 15) is 4.79 Å². The maximum atomic E-state index is 11.4. The van der Waals surface area contributed by atoms with Crippen LogP contribution in [0, 0.1) is 11.3 Å². The van der Waals surface area contributed by atoms with Crippen LogP contribution in [0.3, 0.4) is 0 Å². The lowest BCUT2D eigenvalue weighted by Gasteiger charge is -2.04. The van der Waals surface area contributed by atoms with Crippen molar-refractivity contribution >= 4 is 10.9 Å². The maximum absolute atomic E-state index is 11.4. The van der Waals surface area contributed by atoms with Crippen molar-refractivity contribution in [2.75, 3.05) is 7.11 Å². The molecule has 0 saturated carbocycles. The molecule has 0 aliphatic heterocycles. The Balaban J connectivity index is 2.88. The van der Waals surface area contributed by atoms with Crippen LogP contribution < -0.4 is 10.3 Å². The van der Waals surface area contributed by atoms with Crippen LogP contribution in [0.2, 0.25) is 0 Å². The van der Waals surface area contributed by atoms with E-state index in [0.29, 0.717) is 11.3 Å². The van der Waals surface area contributed by atoms with Gasteiger partial charge in [0.05, 0.1) is 12.6 Å². The Morgan fingerprint density at radius 2 is 2.27 bits per heavy atom. The molecule has 0 radical (unpaired) electrons. The topological polar surface area (TPSA) is 65.9 Å². The fraction of sp³-hybridized carbons (Fsp3) is 0.0909. The van der Waals surface area contributed by atoms with E-state index in [0.717, 1.165) is 5.39 Å². The van der Waals surface area contributed by atoms with Crippen molar-refractivity contribution in [2.45, 2.75) is 0 Å². The second-order valence-corrected chi connectivity index (χ2v) is 3.05. The van der Waals surface area contributed by atoms with Gasteiger partial charge >= 0.3 is 0 Å². The summed E-state index contributed by atoms with van der Waals surface area (Å²) in [5.41, 5.74) is 0.328. The summed E-state index contributed by atoms with van der Waals surface area (Å²) in [6, 6.07) is 8.77. The lowest BCUT2D eigenvalue weighted by molar-refractivity contribution is 0.419. The van der Waals surface area contributed by atoms with Crippen LogP contribution in [0.25, 0.3) is 10.9 Å². The van der Waals surface area contributed by atoms with Crippen molar-refractivity contribution in [3.05, 3.63) is 40.2 Å². The van der Waals surface area contributed by atoms with Crippen LogP contribution in [0.15, 0.2) is 29.1 Å². The Morgan fingerprint density at radius 3 is 2.93 bits per heavy atom. The van der Waals surface area contributed by atoms with Gasteiger partial charge in [-0.15, -0.1) is 0 Å². The van der Waals surface area contributed by atoms with Gasteiger partial charge in [-0.25, -0.2) is 0 Å². The van der Waals surface area contributed by atoms with E-state index in [-0.39, 0.29) is 5.56 Å². The first-order valence-corrected chi connectivity index (χ1v) is 4.36. The summed E-state index contributed by atoms with van der Waals surface area (Å²) >= 11 is 0. The molecule has 0 atom stereocenters. The molecule has 74 valence electrons. The molecule has 0 bridgehead atoms. The first-order chi connectivity index (χ1) is 7.26. The van der Waals surface area contributed by atoms with E-state index in [4.69, 9.17) is 10.00 Å². The average molecular weight is 200 g/mol. The number of nitrogens with zero attached hydrogens (tertiary/aromatic N) is 1. The van der Waals surface area contributed by atoms with E-state index >= 15 is 0 Å². The number of ether oxygens (including phenoxy) is 1. The molecule has 2 rings (SSSR count). The third kappa shape index (κ3) is 1.44. The SMILES string of the molecule is COc1cccc2cc(C#N)c(=O)[nH]c12. The minimum atomic E-state index is -0.394. The van der Waals surface area contributed by atoms with Crippen LogP contribution in [0.4, 0.5) is 0 Å². The summed E-state index contributed by atoms with van der Waals surface area (Å²) in [5, 5.41) is 9.49. The molecule has 0 unspecified atom stereocenters. The Hall–Kier alpha value is -2.28. The zero-order chi connectivity index (χ0) is 10.8. The molecule has 1 N–H and O–H groups in total. The zero-order valence-corrected chi connectivity index (χ0v) is 8.07. The predicted molar refractivity (Wildman–Crippen MR) is 55.8 cm³/mol. The van der Waals surface area contributed by atoms with Gasteiger partial charge in [-0.2, -0.15) is 5.26 Å². The van der Waals surface area contributed by atoms with Crippen LogP contribution in [-0.2, 0) is 0 Å². The molecule has 0 aliphatic rings. The lowest BCUT2D eigenvalue weighted by atomic mass is 10.1. The van der Waals surface area contributed by atoms with Crippen LogP contribution >= 0.6 is 0 Å². The summed E-state index contributed by atoms with van der Waals surface area (Å²) < 4.78 is 5.10. The smallest absolute Gasteiger partial charge is 0.266 e. The molecule has 4 heteroatoms. The van der Waals surface area contributed by atoms with Crippen molar-refractivity contribution < 1.29 is 4.74 Å². The number of benzene rings is 1. The van der Waals surface area contributed by atoms with E-state index in [1.807, 2.05) is 12.1 Å². The number of pyridine rings is 1. The van der Waals surface area contributed by atoms with Crippen molar-refractivity contribution in [2.24, 2.45) is 0 Å². The number of hydrogen-bond donors (Lipinski definition) is 1. The lowest BCUT2D eigenvalue weighted by Crippen LogP contribution is -2.09. The third-order valence-electron chi connectivity index (χ3n) is 2.18. The van der Waals surface area contributed by atoms with Crippen molar-refractivity contribution in [3.8, 4) is 11.8 Å². The molecule has 1 heterocycles. The fourth-order valence-corrected chi connectivity index (χ4v) is 1.46. The Morgan fingerprint density at radius 1 is 1.47 bits per heavy atom. The summed E-state index contributed by atoms with van der Waals surface area (Å²) in [6.07, 6.45) is 0. The number of H-pyrrole nitrogens is 1. The minimum absolute atomic E-state index is 0.107. The summed E-state index contributed by atoms with van der Waals surface area (Å²) in [5.74, 6) is 0.592. The molecule has 0 saturated heterocycles. The standard InChI is InChI=1S/C11H8N2O2/c1-15-9-4-2-3-7-5-8(6-12)11(14)13-10(7)9/h2-5H,1H3,(H,13,14). The minimum Gasteiger partial charge on any atom is -0.495 e. The molecule has 0 spiro atoms. The van der Waals surface area contributed by atoms with Crippen molar-refractivity contribution in [3.63, 3.8) is 0 Å². The quantitative estimate of drug-likeness (QED) is 0.756. The first-order valence-electron chi connectivity index (χ1n) is 4.36. The molecule has 0 fully saturated rings. The van der Waals surface area contributed by atoms with E-state index in [2.05, 4.69) is 4.98 Å². The third-order valence-corrected chi connectivity index (χ3v) is 2.18. The Labute approximate surface area is 85.7 Å². The van der Waals surface area contributed by atoms with Crippen molar-refractivity contribution in [1.29, 1.82) is 5.26 Å². The number of aromatic nitrogens is 1. The molecular formula is C11H8N2O2. The second kappa shape index (κ2) is 3.46. The monoisotopic (exact) mass is 200 g/mol. The van der Waals surface area contributed by atoms with Crippen LogP contribution in [-0.4, -0.2) is 12.1 Å².